The van der Waals surface area contributed by atoms with Gasteiger partial charge in [0.2, 0.25) is 5.91 Å². The van der Waals surface area contributed by atoms with E-state index >= 15 is 0 Å². The summed E-state index contributed by atoms with van der Waals surface area (Å²) < 4.78 is 5.67. The van der Waals surface area contributed by atoms with E-state index in [1.165, 1.54) is 25.0 Å². The van der Waals surface area contributed by atoms with Crippen LogP contribution in [0.2, 0.25) is 0 Å². The van der Waals surface area contributed by atoms with Gasteiger partial charge in [-0.3, -0.25) is 4.79 Å². The summed E-state index contributed by atoms with van der Waals surface area (Å²) >= 11 is 1.97. The van der Waals surface area contributed by atoms with Crippen LogP contribution in [0.3, 0.4) is 0 Å². The van der Waals surface area contributed by atoms with E-state index in [9.17, 15) is 4.79 Å². The maximum absolute atomic E-state index is 12.5. The lowest BCUT2D eigenvalue weighted by Gasteiger charge is -2.57. The summed E-state index contributed by atoms with van der Waals surface area (Å²) in [5.74, 6) is 1.20. The first-order valence-electron chi connectivity index (χ1n) is 7.72. The fraction of sp³-hybridized carbons (Fsp3) is 0.933. The van der Waals surface area contributed by atoms with Crippen molar-refractivity contribution in [1.82, 2.24) is 5.32 Å². The van der Waals surface area contributed by atoms with E-state index in [0.717, 1.165) is 6.54 Å². The third kappa shape index (κ3) is 2.85. The number of rotatable bonds is 5. The van der Waals surface area contributed by atoms with Crippen LogP contribution in [-0.2, 0) is 9.53 Å². The smallest absolute Gasteiger partial charge is 0.240 e. The highest BCUT2D eigenvalue weighted by Crippen LogP contribution is 2.49. The molecule has 0 radical (unpaired) electrons. The van der Waals surface area contributed by atoms with Crippen LogP contribution >= 0.6 is 11.8 Å². The Morgan fingerprint density at radius 3 is 2.75 bits per heavy atom. The minimum Gasteiger partial charge on any atom is -0.378 e. The molecule has 20 heavy (non-hydrogen) atoms. The first-order chi connectivity index (χ1) is 9.41. The highest BCUT2D eigenvalue weighted by molar-refractivity contribution is 7.99. The normalized spacial score (nSPS) is 36.2. The Bertz CT molecular complexity index is 356. The molecule has 4 nitrogen and oxygen atoms in total. The topological polar surface area (TPSA) is 64.3 Å². The highest BCUT2D eigenvalue weighted by Gasteiger charge is 2.62. The maximum Gasteiger partial charge on any atom is 0.240 e. The van der Waals surface area contributed by atoms with Crippen LogP contribution in [0.4, 0.5) is 0 Å². The van der Waals surface area contributed by atoms with E-state index < -0.39 is 5.54 Å². The molecule has 0 aromatic carbocycles. The second kappa shape index (κ2) is 6.24. The Labute approximate surface area is 126 Å². The summed E-state index contributed by atoms with van der Waals surface area (Å²) in [6, 6.07) is 0. The predicted molar refractivity (Wildman–Crippen MR) is 83.8 cm³/mol. The number of hydrogen-bond acceptors (Lipinski definition) is 4. The van der Waals surface area contributed by atoms with Crippen LogP contribution < -0.4 is 11.1 Å². The quantitative estimate of drug-likeness (QED) is 0.814. The van der Waals surface area contributed by atoms with Gasteiger partial charge in [-0.2, -0.15) is 11.8 Å². The van der Waals surface area contributed by atoms with Crippen LogP contribution in [0.15, 0.2) is 0 Å². The van der Waals surface area contributed by atoms with Crippen molar-refractivity contribution in [3.8, 4) is 0 Å². The molecule has 2 rings (SSSR count). The number of nitrogens with one attached hydrogen (secondary N) is 1. The summed E-state index contributed by atoms with van der Waals surface area (Å²) in [5.41, 5.74) is 5.28. The Kier molecular flexibility index (Phi) is 5.03. The van der Waals surface area contributed by atoms with Gasteiger partial charge in [-0.15, -0.1) is 0 Å². The highest BCUT2D eigenvalue weighted by atomic mass is 32.2. The molecule has 0 aromatic rings. The van der Waals surface area contributed by atoms with E-state index in [2.05, 4.69) is 5.32 Å². The molecule has 3 atom stereocenters. The molecule has 3 unspecified atom stereocenters. The third-order valence-electron chi connectivity index (χ3n) is 5.00. The SMILES string of the molecule is CCOC1CC(N)(C(=O)NCC2CCCCS2)C1(C)C. The lowest BCUT2D eigenvalue weighted by Crippen LogP contribution is -2.76. The van der Waals surface area contributed by atoms with Gasteiger partial charge in [0, 0.05) is 30.2 Å². The summed E-state index contributed by atoms with van der Waals surface area (Å²) in [4.78, 5) is 12.5. The predicted octanol–water partition coefficient (Wildman–Crippen LogP) is 1.92. The zero-order chi connectivity index (χ0) is 14.8. The average molecular weight is 300 g/mol. The van der Waals surface area contributed by atoms with Gasteiger partial charge in [0.15, 0.2) is 0 Å². The van der Waals surface area contributed by atoms with Gasteiger partial charge in [0.05, 0.1) is 6.10 Å². The molecule has 5 heteroatoms. The van der Waals surface area contributed by atoms with Gasteiger partial charge in [0.25, 0.3) is 0 Å². The number of carbonyl (C=O) groups excluding carboxylic acids is 1. The number of nitrogens with two attached hydrogens (primary N) is 1. The Morgan fingerprint density at radius 1 is 1.45 bits per heavy atom. The van der Waals surface area contributed by atoms with Gasteiger partial charge >= 0.3 is 0 Å². The van der Waals surface area contributed by atoms with Crippen molar-refractivity contribution in [1.29, 1.82) is 0 Å². The molecule has 1 saturated carbocycles. The van der Waals surface area contributed by atoms with Crippen molar-refractivity contribution in [3.63, 3.8) is 0 Å². The largest absolute Gasteiger partial charge is 0.378 e. The van der Waals surface area contributed by atoms with E-state index in [1.807, 2.05) is 32.5 Å². The molecular formula is C15H28N2O2S. The average Bonchev–Trinajstić information content (AvgIpc) is 2.45. The van der Waals surface area contributed by atoms with Gasteiger partial charge in [-0.25, -0.2) is 0 Å². The van der Waals surface area contributed by atoms with Crippen LogP contribution in [0.1, 0.15) is 46.5 Å². The molecule has 0 aromatic heterocycles. The minimum absolute atomic E-state index is 0.00961. The second-order valence-corrected chi connectivity index (χ2v) is 7.95. The van der Waals surface area contributed by atoms with Crippen LogP contribution in [0, 0.1) is 5.41 Å². The zero-order valence-electron chi connectivity index (χ0n) is 12.9. The monoisotopic (exact) mass is 300 g/mol. The molecule has 1 aliphatic carbocycles. The molecule has 0 bridgehead atoms. The fourth-order valence-corrected chi connectivity index (χ4v) is 4.39. The number of carbonyl (C=O) groups is 1. The molecule has 2 fully saturated rings. The van der Waals surface area contributed by atoms with Crippen molar-refractivity contribution < 1.29 is 9.53 Å². The van der Waals surface area contributed by atoms with Gasteiger partial charge in [-0.05, 0) is 25.5 Å². The van der Waals surface area contributed by atoms with Crippen LogP contribution in [-0.4, -0.2) is 41.7 Å². The van der Waals surface area contributed by atoms with Crippen molar-refractivity contribution in [2.75, 3.05) is 18.9 Å². The van der Waals surface area contributed by atoms with E-state index in [-0.39, 0.29) is 17.4 Å². The molecule has 116 valence electrons. The fourth-order valence-electron chi connectivity index (χ4n) is 3.15. The first kappa shape index (κ1) is 16.1. The lowest BCUT2D eigenvalue weighted by molar-refractivity contribution is -0.170. The van der Waals surface area contributed by atoms with Crippen molar-refractivity contribution in [2.45, 2.75) is 63.3 Å². The molecule has 1 amide bonds. The first-order valence-corrected chi connectivity index (χ1v) is 8.77. The van der Waals surface area contributed by atoms with Crippen molar-refractivity contribution in [2.24, 2.45) is 11.1 Å². The van der Waals surface area contributed by atoms with Crippen LogP contribution in [0.5, 0.6) is 0 Å². The van der Waals surface area contributed by atoms with Crippen LogP contribution in [0.25, 0.3) is 0 Å². The van der Waals surface area contributed by atoms with E-state index in [4.69, 9.17) is 10.5 Å². The number of hydrogen-bond donors (Lipinski definition) is 2. The molecule has 1 heterocycles. The van der Waals surface area contributed by atoms with Crippen molar-refractivity contribution >= 4 is 17.7 Å². The molecule has 1 saturated heterocycles. The standard InChI is InChI=1S/C15H28N2O2S/c1-4-19-12-9-15(16,14(12,2)3)13(18)17-10-11-7-5-6-8-20-11/h11-12H,4-10,16H2,1-3H3,(H,17,18). The molecule has 0 spiro atoms. The van der Waals surface area contributed by atoms with Crippen molar-refractivity contribution in [3.05, 3.63) is 0 Å². The molecule has 2 aliphatic rings. The molecular weight excluding hydrogens is 272 g/mol. The Hall–Kier alpha value is -0.260. The molecule has 3 N–H and O–H groups in total. The van der Waals surface area contributed by atoms with Gasteiger partial charge in [-0.1, -0.05) is 20.3 Å². The molecule has 1 aliphatic heterocycles. The second-order valence-electron chi connectivity index (χ2n) is 6.54. The zero-order valence-corrected chi connectivity index (χ0v) is 13.7. The number of amides is 1. The summed E-state index contributed by atoms with van der Waals surface area (Å²) in [5, 5.41) is 3.63. The minimum atomic E-state index is -0.786. The number of thioether (sulfide) groups is 1. The van der Waals surface area contributed by atoms with E-state index in [0.29, 0.717) is 18.3 Å². The number of ether oxygens (including phenoxy) is 1. The van der Waals surface area contributed by atoms with E-state index in [1.54, 1.807) is 0 Å². The lowest BCUT2D eigenvalue weighted by atomic mass is 9.54. The van der Waals surface area contributed by atoms with Gasteiger partial charge < -0.3 is 15.8 Å². The maximum atomic E-state index is 12.5. The summed E-state index contributed by atoms with van der Waals surface area (Å²) in [7, 11) is 0. The third-order valence-corrected chi connectivity index (χ3v) is 6.40. The van der Waals surface area contributed by atoms with Gasteiger partial charge in [0.1, 0.15) is 5.54 Å². The summed E-state index contributed by atoms with van der Waals surface area (Å²) in [6.07, 6.45) is 4.50. The Morgan fingerprint density at radius 2 is 2.20 bits per heavy atom. The Balaban J connectivity index is 1.85. The summed E-state index contributed by atoms with van der Waals surface area (Å²) in [6.45, 7) is 7.47.